The minimum atomic E-state index is -4.59. The van der Waals surface area contributed by atoms with Gasteiger partial charge >= 0.3 is 0 Å². The molecule has 0 saturated carbocycles. The number of unbranched alkanes of at least 4 members (excludes halogenated alkanes) is 25. The highest BCUT2D eigenvalue weighted by molar-refractivity contribution is 7.45. The summed E-state index contributed by atoms with van der Waals surface area (Å²) in [6.45, 7) is 4.53. The van der Waals surface area contributed by atoms with E-state index in [0.29, 0.717) is 17.4 Å². The fourth-order valence-corrected chi connectivity index (χ4v) is 8.20. The van der Waals surface area contributed by atoms with Crippen molar-refractivity contribution >= 4 is 13.7 Å². The summed E-state index contributed by atoms with van der Waals surface area (Å²) in [5.41, 5.74) is 0. The van der Waals surface area contributed by atoms with Gasteiger partial charge in [0.2, 0.25) is 5.91 Å². The molecule has 0 saturated heterocycles. The van der Waals surface area contributed by atoms with Crippen molar-refractivity contribution in [2.45, 2.75) is 238 Å². The van der Waals surface area contributed by atoms with Crippen molar-refractivity contribution in [3.05, 3.63) is 72.9 Å². The Morgan fingerprint density at radius 2 is 0.938 bits per heavy atom. The SMILES string of the molecule is CC/C=C\C/C=C\C/C=C\C/C=C\C/C=C\CCCCCCCCCCCCCCCC(=O)NC(COP(=O)([O-])OCC[N+](C)(C)C)C(O)/C=C/CCCCCCCCCCCCCC. The average Bonchev–Trinajstić information content (AvgIpc) is 3.26. The number of amides is 1. The van der Waals surface area contributed by atoms with Gasteiger partial charge in [0.15, 0.2) is 0 Å². The number of nitrogens with zero attached hydrogens (tertiary/aromatic N) is 1. The molecular formula is C56H103N2O6P. The standard InChI is InChI=1S/C56H103N2O6P/c1-6-8-10-12-14-16-18-20-22-23-24-25-26-27-28-29-30-31-32-33-34-35-36-38-40-42-44-46-48-50-56(60)57-54(53-64-65(61,62)63-52-51-58(3,4)5)55(59)49-47-45-43-41-39-37-21-19-17-15-13-11-9-7-2/h8,10,14,16,20,22,24-25,27-28,47,49,54-55,59H,6-7,9,11-13,15,17-19,21,23,26,29-46,48,50-53H2,1-5H3,(H-,57,60,61,62)/b10-8-,16-14-,22-20-,25-24-,28-27-,49-47+. The molecule has 0 radical (unpaired) electrons. The molecule has 0 rings (SSSR count). The molecule has 0 aromatic rings. The van der Waals surface area contributed by atoms with Crippen molar-refractivity contribution in [3.8, 4) is 0 Å². The van der Waals surface area contributed by atoms with Crippen LogP contribution in [-0.2, 0) is 18.4 Å². The lowest BCUT2D eigenvalue weighted by Crippen LogP contribution is -2.45. The van der Waals surface area contributed by atoms with Gasteiger partial charge in [-0.1, -0.05) is 228 Å². The number of quaternary nitrogens is 1. The van der Waals surface area contributed by atoms with E-state index in [1.54, 1.807) is 6.08 Å². The van der Waals surface area contributed by atoms with Crippen LogP contribution in [0, 0.1) is 0 Å². The van der Waals surface area contributed by atoms with Crippen molar-refractivity contribution < 1.29 is 32.9 Å². The first kappa shape index (κ1) is 62.9. The fourth-order valence-electron chi connectivity index (χ4n) is 7.47. The molecule has 1 amide bonds. The second-order valence-corrected chi connectivity index (χ2v) is 20.6. The lowest BCUT2D eigenvalue weighted by molar-refractivity contribution is -0.870. The zero-order chi connectivity index (χ0) is 47.8. The Bertz CT molecular complexity index is 1290. The van der Waals surface area contributed by atoms with Crippen LogP contribution in [0.3, 0.4) is 0 Å². The Kier molecular flexibility index (Phi) is 45.5. The highest BCUT2D eigenvalue weighted by Gasteiger charge is 2.23. The Balaban J connectivity index is 4.17. The van der Waals surface area contributed by atoms with Gasteiger partial charge in [-0.15, -0.1) is 0 Å². The number of aliphatic hydroxyl groups is 1. The summed E-state index contributed by atoms with van der Waals surface area (Å²) >= 11 is 0. The van der Waals surface area contributed by atoms with Gasteiger partial charge in [-0.05, 0) is 64.2 Å². The van der Waals surface area contributed by atoms with Gasteiger partial charge in [-0.25, -0.2) is 0 Å². The molecule has 3 unspecified atom stereocenters. The predicted octanol–water partition coefficient (Wildman–Crippen LogP) is 15.3. The normalized spacial score (nSPS) is 14.6. The minimum absolute atomic E-state index is 0.00325. The van der Waals surface area contributed by atoms with Crippen molar-refractivity contribution in [3.63, 3.8) is 0 Å². The Morgan fingerprint density at radius 3 is 1.37 bits per heavy atom. The fraction of sp³-hybridized carbons (Fsp3) is 0.768. The monoisotopic (exact) mass is 931 g/mol. The number of likely N-dealkylation sites (N-methyl/N-ethyl adjacent to an activating group) is 1. The molecule has 0 aromatic heterocycles. The number of nitrogens with one attached hydrogen (secondary N) is 1. The molecule has 0 aliphatic heterocycles. The number of aliphatic hydroxyl groups excluding tert-OH is 1. The number of hydrogen-bond acceptors (Lipinski definition) is 6. The molecular weight excluding hydrogens is 828 g/mol. The second kappa shape index (κ2) is 47.0. The van der Waals surface area contributed by atoms with Crippen LogP contribution in [0.2, 0.25) is 0 Å². The highest BCUT2D eigenvalue weighted by atomic mass is 31.2. The molecule has 0 bridgehead atoms. The average molecular weight is 931 g/mol. The van der Waals surface area contributed by atoms with Crippen LogP contribution in [-0.4, -0.2) is 68.5 Å². The van der Waals surface area contributed by atoms with Crippen LogP contribution in [0.25, 0.3) is 0 Å². The van der Waals surface area contributed by atoms with E-state index in [0.717, 1.165) is 70.6 Å². The number of carbonyl (C=O) groups is 1. The van der Waals surface area contributed by atoms with Crippen LogP contribution in [0.1, 0.15) is 226 Å². The summed E-state index contributed by atoms with van der Waals surface area (Å²) < 4.78 is 23.3. The van der Waals surface area contributed by atoms with E-state index in [-0.39, 0.29) is 19.1 Å². The van der Waals surface area contributed by atoms with Crippen LogP contribution in [0.4, 0.5) is 0 Å². The highest BCUT2D eigenvalue weighted by Crippen LogP contribution is 2.38. The van der Waals surface area contributed by atoms with Crippen LogP contribution in [0.5, 0.6) is 0 Å². The first-order valence-electron chi connectivity index (χ1n) is 26.8. The molecule has 65 heavy (non-hydrogen) atoms. The van der Waals surface area contributed by atoms with Gasteiger partial charge in [0.1, 0.15) is 13.2 Å². The number of allylic oxidation sites excluding steroid dienone is 11. The summed E-state index contributed by atoms with van der Waals surface area (Å²) in [4.78, 5) is 25.4. The lowest BCUT2D eigenvalue weighted by atomic mass is 10.0. The smallest absolute Gasteiger partial charge is 0.268 e. The third-order valence-corrected chi connectivity index (χ3v) is 12.6. The summed E-state index contributed by atoms with van der Waals surface area (Å²) in [6, 6.07) is -0.889. The molecule has 9 heteroatoms. The van der Waals surface area contributed by atoms with Crippen molar-refractivity contribution in [2.75, 3.05) is 40.9 Å². The van der Waals surface area contributed by atoms with E-state index in [4.69, 9.17) is 9.05 Å². The van der Waals surface area contributed by atoms with Crippen molar-refractivity contribution in [1.82, 2.24) is 5.32 Å². The number of phosphoric ester groups is 1. The summed E-state index contributed by atoms with van der Waals surface area (Å²) in [6.07, 6.45) is 63.9. The van der Waals surface area contributed by atoms with E-state index in [1.165, 1.54) is 135 Å². The summed E-state index contributed by atoms with van der Waals surface area (Å²) in [5.74, 6) is -0.201. The van der Waals surface area contributed by atoms with Crippen molar-refractivity contribution in [2.24, 2.45) is 0 Å². The maximum Gasteiger partial charge on any atom is 0.268 e. The molecule has 2 N–H and O–H groups in total. The molecule has 8 nitrogen and oxygen atoms in total. The molecule has 0 spiro atoms. The molecule has 3 atom stereocenters. The molecule has 378 valence electrons. The third-order valence-electron chi connectivity index (χ3n) is 11.7. The number of phosphoric acid groups is 1. The van der Waals surface area contributed by atoms with E-state index < -0.39 is 20.0 Å². The topological polar surface area (TPSA) is 108 Å². The lowest BCUT2D eigenvalue weighted by Gasteiger charge is -2.29. The maximum absolute atomic E-state index is 12.9. The molecule has 0 aliphatic carbocycles. The Morgan fingerprint density at radius 1 is 0.554 bits per heavy atom. The summed E-state index contributed by atoms with van der Waals surface area (Å²) in [7, 11) is 1.26. The van der Waals surface area contributed by atoms with Gasteiger partial charge in [-0.3, -0.25) is 9.36 Å². The second-order valence-electron chi connectivity index (χ2n) is 19.2. The van der Waals surface area contributed by atoms with Gasteiger partial charge < -0.3 is 28.8 Å². The van der Waals surface area contributed by atoms with Crippen molar-refractivity contribution in [1.29, 1.82) is 0 Å². The molecule has 0 aromatic carbocycles. The Labute approximate surface area is 402 Å². The third kappa shape index (κ3) is 49.7. The first-order chi connectivity index (χ1) is 31.5. The quantitative estimate of drug-likeness (QED) is 0.0272. The molecule has 0 fully saturated rings. The minimum Gasteiger partial charge on any atom is -0.756 e. The summed E-state index contributed by atoms with van der Waals surface area (Å²) in [5, 5.41) is 13.8. The van der Waals surface area contributed by atoms with Crippen LogP contribution >= 0.6 is 7.82 Å². The van der Waals surface area contributed by atoms with Gasteiger partial charge in [0, 0.05) is 6.42 Å². The van der Waals surface area contributed by atoms with E-state index >= 15 is 0 Å². The van der Waals surface area contributed by atoms with Gasteiger partial charge in [-0.2, -0.15) is 0 Å². The number of hydrogen-bond donors (Lipinski definition) is 2. The van der Waals surface area contributed by atoms with E-state index in [1.807, 2.05) is 27.2 Å². The van der Waals surface area contributed by atoms with E-state index in [2.05, 4.69) is 79.9 Å². The predicted molar refractivity (Wildman–Crippen MR) is 279 cm³/mol. The number of carbonyl (C=O) groups excluding carboxylic acids is 1. The zero-order valence-corrected chi connectivity index (χ0v) is 43.8. The first-order valence-corrected chi connectivity index (χ1v) is 28.3. The Hall–Kier alpha value is -2.06. The van der Waals surface area contributed by atoms with Crippen LogP contribution in [0.15, 0.2) is 72.9 Å². The number of rotatable bonds is 48. The van der Waals surface area contributed by atoms with Gasteiger partial charge in [0.25, 0.3) is 7.82 Å². The van der Waals surface area contributed by atoms with Gasteiger partial charge in [0.05, 0.1) is 39.9 Å². The molecule has 0 heterocycles. The maximum atomic E-state index is 12.9. The molecule has 0 aliphatic rings. The zero-order valence-electron chi connectivity index (χ0n) is 42.9. The van der Waals surface area contributed by atoms with E-state index in [9.17, 15) is 19.4 Å². The van der Waals surface area contributed by atoms with Crippen LogP contribution < -0.4 is 10.2 Å². The largest absolute Gasteiger partial charge is 0.756 e.